The molecule has 1 N–H and O–H groups in total. The molecule has 6 heteroatoms. The lowest BCUT2D eigenvalue weighted by Crippen LogP contribution is -2.29. The van der Waals surface area contributed by atoms with Gasteiger partial charge in [-0.05, 0) is 18.3 Å². The molecule has 0 saturated carbocycles. The average molecular weight is 243 g/mol. The Morgan fingerprint density at radius 3 is 2.81 bits per heavy atom. The van der Waals surface area contributed by atoms with Crippen molar-refractivity contribution in [2.24, 2.45) is 11.8 Å². The fourth-order valence-corrected chi connectivity index (χ4v) is 3.45. The van der Waals surface area contributed by atoms with Gasteiger partial charge in [0.15, 0.2) is 5.03 Å². The minimum atomic E-state index is -3.35. The lowest BCUT2D eigenvalue weighted by molar-refractivity contribution is 0.388. The zero-order valence-corrected chi connectivity index (χ0v) is 10.4. The molecular formula is C10H17N3O2S. The van der Waals surface area contributed by atoms with E-state index in [-0.39, 0.29) is 5.03 Å². The molecule has 1 atom stereocenters. The Balaban J connectivity index is 2.16. The number of H-pyrrole nitrogens is 1. The molecule has 0 radical (unpaired) electrons. The molecule has 0 aliphatic carbocycles. The summed E-state index contributed by atoms with van der Waals surface area (Å²) in [5.41, 5.74) is 0. The smallest absolute Gasteiger partial charge is 0.260 e. The lowest BCUT2D eigenvalue weighted by Gasteiger charge is -2.16. The molecule has 2 heterocycles. The molecule has 1 fully saturated rings. The summed E-state index contributed by atoms with van der Waals surface area (Å²) in [6.45, 7) is 5.51. The molecule has 0 spiro atoms. The van der Waals surface area contributed by atoms with E-state index in [4.69, 9.17) is 0 Å². The van der Waals surface area contributed by atoms with Crippen LogP contribution in [0, 0.1) is 11.8 Å². The van der Waals surface area contributed by atoms with Gasteiger partial charge >= 0.3 is 0 Å². The second-order valence-corrected chi connectivity index (χ2v) is 6.48. The van der Waals surface area contributed by atoms with E-state index in [2.05, 4.69) is 23.8 Å². The van der Waals surface area contributed by atoms with E-state index in [1.165, 1.54) is 12.5 Å². The molecule has 5 nitrogen and oxygen atoms in total. The first kappa shape index (κ1) is 11.6. The Kier molecular flexibility index (Phi) is 3.03. The maximum absolute atomic E-state index is 12.1. The van der Waals surface area contributed by atoms with E-state index < -0.39 is 10.0 Å². The standard InChI is InChI=1S/C10H17N3O2S/c1-8(2)9-3-4-13(6-9)16(14,15)10-5-11-7-12-10/h5,7-9H,3-4,6H2,1-2H3,(H,11,12). The van der Waals surface area contributed by atoms with E-state index in [1.807, 2.05) is 0 Å². The Labute approximate surface area is 95.9 Å². The highest BCUT2D eigenvalue weighted by atomic mass is 32.2. The summed E-state index contributed by atoms with van der Waals surface area (Å²) in [6.07, 6.45) is 3.70. The average Bonchev–Trinajstić information content (AvgIpc) is 2.90. The van der Waals surface area contributed by atoms with Crippen molar-refractivity contribution < 1.29 is 8.42 Å². The van der Waals surface area contributed by atoms with E-state index in [0.717, 1.165) is 6.42 Å². The number of aromatic amines is 1. The number of imidazole rings is 1. The van der Waals surface area contributed by atoms with Crippen LogP contribution in [0.2, 0.25) is 0 Å². The summed E-state index contributed by atoms with van der Waals surface area (Å²) < 4.78 is 25.8. The number of hydrogen-bond acceptors (Lipinski definition) is 3. The maximum atomic E-state index is 12.1. The van der Waals surface area contributed by atoms with Gasteiger partial charge < -0.3 is 4.98 Å². The Bertz CT molecular complexity index is 439. The molecule has 1 aliphatic heterocycles. The Morgan fingerprint density at radius 2 is 2.31 bits per heavy atom. The van der Waals surface area contributed by atoms with Gasteiger partial charge in [-0.3, -0.25) is 0 Å². The van der Waals surface area contributed by atoms with E-state index >= 15 is 0 Å². The highest BCUT2D eigenvalue weighted by Crippen LogP contribution is 2.27. The van der Waals surface area contributed by atoms with Crippen molar-refractivity contribution in [1.82, 2.24) is 14.3 Å². The van der Waals surface area contributed by atoms with Crippen molar-refractivity contribution in [2.75, 3.05) is 13.1 Å². The molecule has 0 aromatic carbocycles. The third kappa shape index (κ3) is 1.99. The van der Waals surface area contributed by atoms with Gasteiger partial charge in [0.2, 0.25) is 0 Å². The number of nitrogens with zero attached hydrogens (tertiary/aromatic N) is 2. The van der Waals surface area contributed by atoms with Crippen LogP contribution in [-0.4, -0.2) is 35.8 Å². The number of rotatable bonds is 3. The molecule has 16 heavy (non-hydrogen) atoms. The van der Waals surface area contributed by atoms with Gasteiger partial charge in [-0.15, -0.1) is 0 Å². The summed E-state index contributed by atoms with van der Waals surface area (Å²) in [6, 6.07) is 0. The van der Waals surface area contributed by atoms with Crippen molar-refractivity contribution >= 4 is 10.0 Å². The molecule has 1 aromatic rings. The first-order valence-corrected chi connectivity index (χ1v) is 6.94. The first-order chi connectivity index (χ1) is 7.51. The van der Waals surface area contributed by atoms with Crippen molar-refractivity contribution in [3.63, 3.8) is 0 Å². The largest absolute Gasteiger partial charge is 0.335 e. The number of sulfonamides is 1. The van der Waals surface area contributed by atoms with Crippen LogP contribution in [0.15, 0.2) is 17.6 Å². The van der Waals surface area contributed by atoms with Crippen molar-refractivity contribution in [3.8, 4) is 0 Å². The van der Waals surface area contributed by atoms with E-state index in [1.54, 1.807) is 4.31 Å². The van der Waals surface area contributed by atoms with Crippen molar-refractivity contribution in [1.29, 1.82) is 0 Å². The van der Waals surface area contributed by atoms with Crippen LogP contribution in [0.3, 0.4) is 0 Å². The summed E-state index contributed by atoms with van der Waals surface area (Å²) in [4.78, 5) is 6.41. The fourth-order valence-electron chi connectivity index (χ4n) is 2.04. The minimum absolute atomic E-state index is 0.192. The second kappa shape index (κ2) is 4.18. The third-order valence-electron chi connectivity index (χ3n) is 3.22. The quantitative estimate of drug-likeness (QED) is 0.863. The molecule has 90 valence electrons. The fraction of sp³-hybridized carbons (Fsp3) is 0.700. The molecule has 1 aromatic heterocycles. The van der Waals surface area contributed by atoms with Crippen LogP contribution in [0.25, 0.3) is 0 Å². The highest BCUT2D eigenvalue weighted by molar-refractivity contribution is 7.89. The van der Waals surface area contributed by atoms with Gasteiger partial charge in [0.05, 0.1) is 12.5 Å². The second-order valence-electron chi connectivity index (χ2n) is 4.57. The van der Waals surface area contributed by atoms with Crippen LogP contribution in [0.5, 0.6) is 0 Å². The lowest BCUT2D eigenvalue weighted by atomic mass is 9.96. The molecular weight excluding hydrogens is 226 g/mol. The zero-order chi connectivity index (χ0) is 11.8. The van der Waals surface area contributed by atoms with Crippen molar-refractivity contribution in [3.05, 3.63) is 12.5 Å². The SMILES string of the molecule is CC(C)C1CCN(S(=O)(=O)c2cnc[nH]2)C1. The monoisotopic (exact) mass is 243 g/mol. The van der Waals surface area contributed by atoms with E-state index in [0.29, 0.717) is 24.9 Å². The molecule has 0 amide bonds. The van der Waals surface area contributed by atoms with Gasteiger partial charge in [0.25, 0.3) is 10.0 Å². The van der Waals surface area contributed by atoms with Gasteiger partial charge in [0.1, 0.15) is 0 Å². The minimum Gasteiger partial charge on any atom is -0.335 e. The molecule has 1 unspecified atom stereocenters. The molecule has 2 rings (SSSR count). The van der Waals surface area contributed by atoms with Crippen LogP contribution in [0.1, 0.15) is 20.3 Å². The van der Waals surface area contributed by atoms with Crippen LogP contribution >= 0.6 is 0 Å². The van der Waals surface area contributed by atoms with E-state index in [9.17, 15) is 8.42 Å². The van der Waals surface area contributed by atoms with Crippen LogP contribution < -0.4 is 0 Å². The Morgan fingerprint density at radius 1 is 1.56 bits per heavy atom. The number of aromatic nitrogens is 2. The normalized spacial score (nSPS) is 23.1. The summed E-state index contributed by atoms with van der Waals surface area (Å²) in [5.74, 6) is 1.000. The molecule has 1 aliphatic rings. The third-order valence-corrected chi connectivity index (χ3v) is 5.01. The van der Waals surface area contributed by atoms with Gasteiger partial charge in [-0.1, -0.05) is 13.8 Å². The van der Waals surface area contributed by atoms with Gasteiger partial charge in [-0.25, -0.2) is 13.4 Å². The molecule has 0 bridgehead atoms. The predicted octanol–water partition coefficient (Wildman–Crippen LogP) is 1.08. The maximum Gasteiger partial charge on any atom is 0.260 e. The zero-order valence-electron chi connectivity index (χ0n) is 9.55. The molecule has 1 saturated heterocycles. The predicted molar refractivity (Wildman–Crippen MR) is 60.3 cm³/mol. The Hall–Kier alpha value is -0.880. The van der Waals surface area contributed by atoms with Gasteiger partial charge in [-0.2, -0.15) is 4.31 Å². The number of hydrogen-bond donors (Lipinski definition) is 1. The highest BCUT2D eigenvalue weighted by Gasteiger charge is 2.34. The van der Waals surface area contributed by atoms with Gasteiger partial charge in [0, 0.05) is 13.1 Å². The summed E-state index contributed by atoms with van der Waals surface area (Å²) in [5, 5.41) is 0.192. The topological polar surface area (TPSA) is 66.1 Å². The van der Waals surface area contributed by atoms with Crippen molar-refractivity contribution in [2.45, 2.75) is 25.3 Å². The summed E-state index contributed by atoms with van der Waals surface area (Å²) >= 11 is 0. The first-order valence-electron chi connectivity index (χ1n) is 5.50. The number of nitrogens with one attached hydrogen (secondary N) is 1. The van der Waals surface area contributed by atoms with Crippen LogP contribution in [0.4, 0.5) is 0 Å². The summed E-state index contributed by atoms with van der Waals surface area (Å²) in [7, 11) is -3.35. The van der Waals surface area contributed by atoms with Crippen LogP contribution in [-0.2, 0) is 10.0 Å².